The molecule has 0 radical (unpaired) electrons. The Hall–Kier alpha value is -4.67. The molecule has 0 bridgehead atoms. The minimum atomic E-state index is -0.524. The number of amides is 1. The number of nitrogens with zero attached hydrogens (tertiary/aromatic N) is 3. The van der Waals surface area contributed by atoms with Gasteiger partial charge in [0.25, 0.3) is 5.91 Å². The topological polar surface area (TPSA) is 157 Å². The predicted octanol–water partition coefficient (Wildman–Crippen LogP) is 2.54. The summed E-state index contributed by atoms with van der Waals surface area (Å²) in [4.78, 5) is 31.9. The maximum Gasteiger partial charge on any atom is 0.309 e. The maximum absolute atomic E-state index is 12.8. The standard InChI is InChI=1S/C22H21N7O4/c1-12(30)33-19-10-18(26-22(23)27-19)25-14-5-8-17-16(9-14)20(29-28-17)21(31)24-11-13-3-6-15(32-2)7-4-13/h3-10H,11H2,1-2H3,(H,24,31)(H,28,29)(H3,23,25,26,27). The van der Waals surface area contributed by atoms with E-state index in [4.69, 9.17) is 15.2 Å². The van der Waals surface area contributed by atoms with Gasteiger partial charge in [0.1, 0.15) is 11.6 Å². The van der Waals surface area contributed by atoms with Crippen LogP contribution in [0.3, 0.4) is 0 Å². The van der Waals surface area contributed by atoms with Crippen LogP contribution in [0.2, 0.25) is 0 Å². The lowest BCUT2D eigenvalue weighted by Gasteiger charge is -2.08. The van der Waals surface area contributed by atoms with E-state index >= 15 is 0 Å². The van der Waals surface area contributed by atoms with E-state index in [2.05, 4.69) is 30.8 Å². The van der Waals surface area contributed by atoms with Crippen molar-refractivity contribution in [3.05, 3.63) is 59.8 Å². The number of aromatic nitrogens is 4. The molecule has 0 saturated heterocycles. The van der Waals surface area contributed by atoms with Gasteiger partial charge in [-0.15, -0.1) is 0 Å². The molecule has 168 valence electrons. The Labute approximate surface area is 188 Å². The van der Waals surface area contributed by atoms with Gasteiger partial charge in [-0.3, -0.25) is 14.7 Å². The second kappa shape index (κ2) is 9.22. The molecule has 0 atom stereocenters. The van der Waals surface area contributed by atoms with E-state index in [1.165, 1.54) is 13.0 Å². The number of anilines is 3. The van der Waals surface area contributed by atoms with Crippen LogP contribution in [-0.2, 0) is 11.3 Å². The van der Waals surface area contributed by atoms with Gasteiger partial charge in [-0.05, 0) is 35.9 Å². The van der Waals surface area contributed by atoms with Crippen LogP contribution in [0.4, 0.5) is 17.5 Å². The number of esters is 1. The second-order valence-electron chi connectivity index (χ2n) is 7.03. The molecule has 4 aromatic rings. The molecule has 2 aromatic heterocycles. The van der Waals surface area contributed by atoms with Gasteiger partial charge in [-0.2, -0.15) is 15.1 Å². The van der Waals surface area contributed by atoms with Crippen LogP contribution in [-0.4, -0.2) is 39.2 Å². The van der Waals surface area contributed by atoms with Crippen molar-refractivity contribution in [3.63, 3.8) is 0 Å². The minimum Gasteiger partial charge on any atom is -0.497 e. The van der Waals surface area contributed by atoms with Gasteiger partial charge in [0, 0.05) is 30.6 Å². The van der Waals surface area contributed by atoms with Gasteiger partial charge in [0.05, 0.1) is 12.6 Å². The van der Waals surface area contributed by atoms with Gasteiger partial charge >= 0.3 is 5.97 Å². The van der Waals surface area contributed by atoms with Crippen LogP contribution >= 0.6 is 0 Å². The normalized spacial score (nSPS) is 10.6. The number of ether oxygens (including phenoxy) is 2. The number of carbonyl (C=O) groups excluding carboxylic acids is 2. The monoisotopic (exact) mass is 447 g/mol. The third-order valence-electron chi connectivity index (χ3n) is 4.63. The van der Waals surface area contributed by atoms with Crippen molar-refractivity contribution in [1.29, 1.82) is 0 Å². The fourth-order valence-electron chi connectivity index (χ4n) is 3.13. The van der Waals surface area contributed by atoms with E-state index in [9.17, 15) is 9.59 Å². The molecule has 11 nitrogen and oxygen atoms in total. The molecule has 0 aliphatic carbocycles. The van der Waals surface area contributed by atoms with Gasteiger partial charge < -0.3 is 25.8 Å². The van der Waals surface area contributed by atoms with E-state index in [0.717, 1.165) is 11.3 Å². The van der Waals surface area contributed by atoms with Gasteiger partial charge in [0.2, 0.25) is 11.8 Å². The van der Waals surface area contributed by atoms with Crippen LogP contribution in [0.1, 0.15) is 23.0 Å². The average Bonchev–Trinajstić information content (AvgIpc) is 3.20. The summed E-state index contributed by atoms with van der Waals surface area (Å²) in [5.74, 6) is 0.197. The van der Waals surface area contributed by atoms with Crippen molar-refractivity contribution in [2.45, 2.75) is 13.5 Å². The summed E-state index contributed by atoms with van der Waals surface area (Å²) >= 11 is 0. The molecule has 0 saturated carbocycles. The number of H-pyrrole nitrogens is 1. The zero-order valence-corrected chi connectivity index (χ0v) is 17.9. The molecule has 33 heavy (non-hydrogen) atoms. The molecular weight excluding hydrogens is 426 g/mol. The first-order valence-electron chi connectivity index (χ1n) is 9.90. The number of hydrogen-bond acceptors (Lipinski definition) is 9. The highest BCUT2D eigenvalue weighted by molar-refractivity contribution is 6.05. The van der Waals surface area contributed by atoms with Crippen molar-refractivity contribution in [3.8, 4) is 11.6 Å². The highest BCUT2D eigenvalue weighted by Gasteiger charge is 2.15. The maximum atomic E-state index is 12.8. The number of nitrogens with one attached hydrogen (secondary N) is 3. The number of carbonyl (C=O) groups is 2. The molecule has 11 heteroatoms. The van der Waals surface area contributed by atoms with E-state index in [-0.39, 0.29) is 23.4 Å². The van der Waals surface area contributed by atoms with E-state index in [1.54, 1.807) is 25.3 Å². The zero-order chi connectivity index (χ0) is 23.4. The lowest BCUT2D eigenvalue weighted by atomic mass is 10.1. The number of benzene rings is 2. The fourth-order valence-corrected chi connectivity index (χ4v) is 3.13. The first kappa shape index (κ1) is 21.6. The Balaban J connectivity index is 1.51. The van der Waals surface area contributed by atoms with Crippen molar-refractivity contribution in [1.82, 2.24) is 25.5 Å². The Morgan fingerprint density at radius 2 is 1.88 bits per heavy atom. The molecule has 2 heterocycles. The number of nitrogen functional groups attached to an aromatic ring is 1. The third kappa shape index (κ3) is 5.15. The molecule has 1 amide bonds. The first-order valence-corrected chi connectivity index (χ1v) is 9.90. The molecular formula is C22H21N7O4. The highest BCUT2D eigenvalue weighted by atomic mass is 16.5. The summed E-state index contributed by atoms with van der Waals surface area (Å²) in [5.41, 5.74) is 8.19. The summed E-state index contributed by atoms with van der Waals surface area (Å²) in [6.07, 6.45) is 0. The summed E-state index contributed by atoms with van der Waals surface area (Å²) in [6.45, 7) is 1.60. The largest absolute Gasteiger partial charge is 0.497 e. The van der Waals surface area contributed by atoms with E-state index < -0.39 is 5.97 Å². The first-order chi connectivity index (χ1) is 15.9. The Morgan fingerprint density at radius 1 is 1.09 bits per heavy atom. The van der Waals surface area contributed by atoms with Gasteiger partial charge in [-0.1, -0.05) is 12.1 Å². The molecule has 0 aliphatic heterocycles. The highest BCUT2D eigenvalue weighted by Crippen LogP contribution is 2.24. The minimum absolute atomic E-state index is 0.0282. The van der Waals surface area contributed by atoms with Crippen molar-refractivity contribution >= 4 is 40.2 Å². The molecule has 5 N–H and O–H groups in total. The average molecular weight is 447 g/mol. The third-order valence-corrected chi connectivity index (χ3v) is 4.63. The fraction of sp³-hybridized carbons (Fsp3) is 0.136. The van der Waals surface area contributed by atoms with Crippen molar-refractivity contribution in [2.75, 3.05) is 18.2 Å². The summed E-state index contributed by atoms with van der Waals surface area (Å²) < 4.78 is 10.1. The van der Waals surface area contributed by atoms with Crippen LogP contribution in [0.15, 0.2) is 48.5 Å². The second-order valence-corrected chi connectivity index (χ2v) is 7.03. The van der Waals surface area contributed by atoms with Crippen LogP contribution in [0.25, 0.3) is 10.9 Å². The van der Waals surface area contributed by atoms with Crippen molar-refractivity contribution in [2.24, 2.45) is 0 Å². The number of fused-ring (bicyclic) bond motifs is 1. The molecule has 0 aliphatic rings. The number of methoxy groups -OCH3 is 1. The summed E-state index contributed by atoms with van der Waals surface area (Å²) in [5, 5.41) is 13.6. The number of rotatable bonds is 7. The van der Waals surface area contributed by atoms with Crippen LogP contribution in [0, 0.1) is 0 Å². The molecule has 0 unspecified atom stereocenters. The predicted molar refractivity (Wildman–Crippen MR) is 121 cm³/mol. The van der Waals surface area contributed by atoms with E-state index in [0.29, 0.717) is 29.0 Å². The zero-order valence-electron chi connectivity index (χ0n) is 17.9. The Morgan fingerprint density at radius 3 is 2.61 bits per heavy atom. The van der Waals surface area contributed by atoms with Crippen molar-refractivity contribution < 1.29 is 19.1 Å². The van der Waals surface area contributed by atoms with Gasteiger partial charge in [0.15, 0.2) is 5.69 Å². The Kier molecular flexibility index (Phi) is 6.02. The number of nitrogens with two attached hydrogens (primary N) is 1. The molecule has 0 fully saturated rings. The molecule has 4 rings (SSSR count). The SMILES string of the molecule is COc1ccc(CNC(=O)c2n[nH]c3ccc(Nc4cc(OC(C)=O)nc(N)n4)cc23)cc1. The van der Waals surface area contributed by atoms with Crippen LogP contribution < -0.4 is 25.8 Å². The quantitative estimate of drug-likeness (QED) is 0.312. The van der Waals surface area contributed by atoms with Gasteiger partial charge in [-0.25, -0.2) is 0 Å². The van der Waals surface area contributed by atoms with E-state index in [1.807, 2.05) is 24.3 Å². The number of hydrogen-bond donors (Lipinski definition) is 4. The lowest BCUT2D eigenvalue weighted by molar-refractivity contribution is -0.132. The summed E-state index contributed by atoms with van der Waals surface area (Å²) in [7, 11) is 1.60. The smallest absolute Gasteiger partial charge is 0.309 e. The lowest BCUT2D eigenvalue weighted by Crippen LogP contribution is -2.23. The Bertz CT molecular complexity index is 1320. The molecule has 0 spiro atoms. The van der Waals surface area contributed by atoms with Crippen LogP contribution in [0.5, 0.6) is 11.6 Å². The number of aromatic amines is 1. The summed E-state index contributed by atoms with van der Waals surface area (Å²) in [6, 6.07) is 14.2. The molecule has 2 aromatic carbocycles.